The minimum absolute atomic E-state index is 0.127. The average molecular weight is 392 g/mol. The first kappa shape index (κ1) is 19.1. The lowest BCUT2D eigenvalue weighted by atomic mass is 10.2. The third-order valence-electron chi connectivity index (χ3n) is 5.26. The summed E-state index contributed by atoms with van der Waals surface area (Å²) in [4.78, 5) is 38.5. The molecule has 1 N–H and O–H groups in total. The standard InChI is InChI=1S/C21H24N6O2/c1-2-25-11-13-26(14-12-25)21(29)18-17-5-3-4-10-27(17)19(24-18)20(28)23-15-16-6-8-22-9-7-16/h3-10H,2,11-15H2,1H3,(H,23,28). The molecule has 0 radical (unpaired) electrons. The number of carbonyl (C=O) groups is 2. The number of hydrogen-bond donors (Lipinski definition) is 1. The predicted octanol–water partition coefficient (Wildman–Crippen LogP) is 1.44. The summed E-state index contributed by atoms with van der Waals surface area (Å²) in [5, 5.41) is 2.87. The molecule has 4 rings (SSSR count). The number of likely N-dealkylation sites (N-methyl/N-ethyl adjacent to an activating group) is 1. The molecule has 0 atom stereocenters. The third kappa shape index (κ3) is 3.97. The summed E-state index contributed by atoms with van der Waals surface area (Å²) in [6.07, 6.45) is 5.12. The molecule has 3 aromatic rings. The number of carbonyl (C=O) groups excluding carboxylic acids is 2. The van der Waals surface area contributed by atoms with Crippen molar-refractivity contribution in [1.82, 2.24) is 29.5 Å². The van der Waals surface area contributed by atoms with Gasteiger partial charge < -0.3 is 15.1 Å². The van der Waals surface area contributed by atoms with Gasteiger partial charge in [0.15, 0.2) is 5.69 Å². The van der Waals surface area contributed by atoms with E-state index in [0.717, 1.165) is 25.2 Å². The Morgan fingerprint density at radius 1 is 1.07 bits per heavy atom. The van der Waals surface area contributed by atoms with E-state index >= 15 is 0 Å². The van der Waals surface area contributed by atoms with Gasteiger partial charge in [0, 0.05) is 51.3 Å². The fourth-order valence-corrected chi connectivity index (χ4v) is 3.53. The Balaban J connectivity index is 1.56. The molecule has 0 spiro atoms. The molecule has 150 valence electrons. The zero-order valence-electron chi connectivity index (χ0n) is 16.4. The highest BCUT2D eigenvalue weighted by atomic mass is 16.2. The zero-order valence-corrected chi connectivity index (χ0v) is 16.4. The number of aromatic nitrogens is 3. The molecular weight excluding hydrogens is 368 g/mol. The second-order valence-corrected chi connectivity index (χ2v) is 7.00. The Hall–Kier alpha value is -3.26. The molecule has 1 saturated heterocycles. The SMILES string of the molecule is CCN1CCN(C(=O)c2nc(C(=O)NCc3ccncc3)n3ccccc23)CC1. The van der Waals surface area contributed by atoms with Crippen LogP contribution in [0.5, 0.6) is 0 Å². The van der Waals surface area contributed by atoms with E-state index in [4.69, 9.17) is 0 Å². The number of rotatable bonds is 5. The molecule has 8 nitrogen and oxygen atoms in total. The fraction of sp³-hybridized carbons (Fsp3) is 0.333. The molecule has 0 aromatic carbocycles. The van der Waals surface area contributed by atoms with Crippen LogP contribution in [0.25, 0.3) is 5.52 Å². The van der Waals surface area contributed by atoms with E-state index < -0.39 is 0 Å². The largest absolute Gasteiger partial charge is 0.345 e. The quantitative estimate of drug-likeness (QED) is 0.710. The van der Waals surface area contributed by atoms with Gasteiger partial charge >= 0.3 is 0 Å². The third-order valence-corrected chi connectivity index (χ3v) is 5.26. The minimum Gasteiger partial charge on any atom is -0.345 e. The van der Waals surface area contributed by atoms with Crippen LogP contribution < -0.4 is 5.32 Å². The number of piperazine rings is 1. The Kier molecular flexibility index (Phi) is 5.53. The average Bonchev–Trinajstić information content (AvgIpc) is 3.17. The van der Waals surface area contributed by atoms with E-state index in [9.17, 15) is 9.59 Å². The molecule has 4 heterocycles. The number of amides is 2. The first-order valence-electron chi connectivity index (χ1n) is 9.83. The maximum Gasteiger partial charge on any atom is 0.287 e. The molecule has 2 amide bonds. The van der Waals surface area contributed by atoms with Crippen LogP contribution in [0.1, 0.15) is 33.6 Å². The van der Waals surface area contributed by atoms with Crippen molar-refractivity contribution in [2.45, 2.75) is 13.5 Å². The van der Waals surface area contributed by atoms with E-state index in [1.165, 1.54) is 0 Å². The fourth-order valence-electron chi connectivity index (χ4n) is 3.53. The van der Waals surface area contributed by atoms with Crippen molar-refractivity contribution in [2.24, 2.45) is 0 Å². The van der Waals surface area contributed by atoms with Crippen LogP contribution in [0.15, 0.2) is 48.9 Å². The summed E-state index contributed by atoms with van der Waals surface area (Å²) in [6, 6.07) is 9.18. The highest BCUT2D eigenvalue weighted by molar-refractivity contribution is 6.02. The first-order chi connectivity index (χ1) is 14.2. The van der Waals surface area contributed by atoms with Gasteiger partial charge in [-0.05, 0) is 36.4 Å². The summed E-state index contributed by atoms with van der Waals surface area (Å²) in [6.45, 7) is 6.52. The number of nitrogens with one attached hydrogen (secondary N) is 1. The minimum atomic E-state index is -0.321. The van der Waals surface area contributed by atoms with Gasteiger partial charge in [0.25, 0.3) is 11.8 Å². The second kappa shape index (κ2) is 8.40. The number of hydrogen-bond acceptors (Lipinski definition) is 5. The number of pyridine rings is 2. The van der Waals surface area contributed by atoms with Crippen molar-refractivity contribution < 1.29 is 9.59 Å². The van der Waals surface area contributed by atoms with Crippen LogP contribution in [0.3, 0.4) is 0 Å². The lowest BCUT2D eigenvalue weighted by molar-refractivity contribution is 0.0640. The zero-order chi connectivity index (χ0) is 20.2. The number of fused-ring (bicyclic) bond motifs is 1. The summed E-state index contributed by atoms with van der Waals surface area (Å²) in [5.74, 6) is -0.235. The smallest absolute Gasteiger partial charge is 0.287 e. The predicted molar refractivity (Wildman–Crippen MR) is 109 cm³/mol. The van der Waals surface area contributed by atoms with Crippen molar-refractivity contribution in [3.8, 4) is 0 Å². The molecule has 3 aromatic heterocycles. The Morgan fingerprint density at radius 3 is 2.55 bits per heavy atom. The van der Waals surface area contributed by atoms with Crippen LogP contribution in [0.2, 0.25) is 0 Å². The van der Waals surface area contributed by atoms with Crippen LogP contribution >= 0.6 is 0 Å². The molecule has 1 aliphatic heterocycles. The van der Waals surface area contributed by atoms with Crippen molar-refractivity contribution in [3.63, 3.8) is 0 Å². The van der Waals surface area contributed by atoms with Crippen molar-refractivity contribution >= 4 is 17.3 Å². The van der Waals surface area contributed by atoms with Crippen LogP contribution in [0, 0.1) is 0 Å². The van der Waals surface area contributed by atoms with E-state index in [2.05, 4.69) is 27.1 Å². The van der Waals surface area contributed by atoms with Crippen molar-refractivity contribution in [2.75, 3.05) is 32.7 Å². The Morgan fingerprint density at radius 2 is 1.83 bits per heavy atom. The monoisotopic (exact) mass is 392 g/mol. The van der Waals surface area contributed by atoms with E-state index in [0.29, 0.717) is 30.8 Å². The Bertz CT molecular complexity index is 1010. The molecule has 0 unspecified atom stereocenters. The van der Waals surface area contributed by atoms with Crippen LogP contribution in [-0.2, 0) is 6.54 Å². The molecule has 0 bridgehead atoms. The Labute approximate surface area is 169 Å². The van der Waals surface area contributed by atoms with E-state index in [-0.39, 0.29) is 17.6 Å². The van der Waals surface area contributed by atoms with Gasteiger partial charge in [0.05, 0.1) is 5.52 Å². The first-order valence-corrected chi connectivity index (χ1v) is 9.83. The normalized spacial score (nSPS) is 14.9. The summed E-state index contributed by atoms with van der Waals surface area (Å²) >= 11 is 0. The summed E-state index contributed by atoms with van der Waals surface area (Å²) in [7, 11) is 0. The molecule has 8 heteroatoms. The maximum absolute atomic E-state index is 13.1. The molecular formula is C21H24N6O2. The highest BCUT2D eigenvalue weighted by Crippen LogP contribution is 2.17. The van der Waals surface area contributed by atoms with E-state index in [1.807, 2.05) is 35.2 Å². The molecule has 0 saturated carbocycles. The van der Waals surface area contributed by atoms with Crippen LogP contribution in [0.4, 0.5) is 0 Å². The van der Waals surface area contributed by atoms with Gasteiger partial charge in [0.1, 0.15) is 0 Å². The number of nitrogens with zero attached hydrogens (tertiary/aromatic N) is 5. The maximum atomic E-state index is 13.1. The van der Waals surface area contributed by atoms with Gasteiger partial charge in [0.2, 0.25) is 5.82 Å². The van der Waals surface area contributed by atoms with Crippen LogP contribution in [-0.4, -0.2) is 68.7 Å². The molecule has 0 aliphatic carbocycles. The van der Waals surface area contributed by atoms with E-state index in [1.54, 1.807) is 23.0 Å². The molecule has 1 fully saturated rings. The van der Waals surface area contributed by atoms with Gasteiger partial charge in [-0.1, -0.05) is 13.0 Å². The second-order valence-electron chi connectivity index (χ2n) is 7.00. The van der Waals surface area contributed by atoms with Gasteiger partial charge in [-0.3, -0.25) is 19.0 Å². The topological polar surface area (TPSA) is 82.8 Å². The highest BCUT2D eigenvalue weighted by Gasteiger charge is 2.27. The van der Waals surface area contributed by atoms with Gasteiger partial charge in [-0.15, -0.1) is 0 Å². The summed E-state index contributed by atoms with van der Waals surface area (Å²) < 4.78 is 1.68. The number of imidazole rings is 1. The van der Waals surface area contributed by atoms with Crippen molar-refractivity contribution in [1.29, 1.82) is 0 Å². The lowest BCUT2D eigenvalue weighted by Crippen LogP contribution is -2.48. The van der Waals surface area contributed by atoms with Gasteiger partial charge in [-0.25, -0.2) is 4.98 Å². The molecule has 29 heavy (non-hydrogen) atoms. The summed E-state index contributed by atoms with van der Waals surface area (Å²) in [5.41, 5.74) is 1.91. The lowest BCUT2D eigenvalue weighted by Gasteiger charge is -2.33. The van der Waals surface area contributed by atoms with Crippen molar-refractivity contribution in [3.05, 3.63) is 66.0 Å². The molecule has 1 aliphatic rings. The van der Waals surface area contributed by atoms with Gasteiger partial charge in [-0.2, -0.15) is 0 Å².